The third-order valence-electron chi connectivity index (χ3n) is 5.63. The van der Waals surface area contributed by atoms with Crippen LogP contribution in [0.1, 0.15) is 16.7 Å². The Morgan fingerprint density at radius 3 is 2.73 bits per heavy atom. The van der Waals surface area contributed by atoms with Crippen molar-refractivity contribution in [1.29, 1.82) is 0 Å². The van der Waals surface area contributed by atoms with E-state index in [1.165, 1.54) is 19.2 Å². The summed E-state index contributed by atoms with van der Waals surface area (Å²) in [7, 11) is 1.50. The number of hydrogen-bond acceptors (Lipinski definition) is 7. The zero-order valence-corrected chi connectivity index (χ0v) is 17.9. The molecule has 170 valence electrons. The highest BCUT2D eigenvalue weighted by Gasteiger charge is 2.20. The average Bonchev–Trinajstić information content (AvgIpc) is 3.17. The van der Waals surface area contributed by atoms with Crippen molar-refractivity contribution in [3.8, 4) is 11.5 Å². The van der Waals surface area contributed by atoms with Gasteiger partial charge in [0.2, 0.25) is 5.91 Å². The van der Waals surface area contributed by atoms with Gasteiger partial charge in [0.25, 0.3) is 0 Å². The smallest absolute Gasteiger partial charge is 0.340 e. The maximum Gasteiger partial charge on any atom is 0.340 e. The van der Waals surface area contributed by atoms with Crippen LogP contribution in [0.15, 0.2) is 51.8 Å². The van der Waals surface area contributed by atoms with Crippen molar-refractivity contribution >= 4 is 33.7 Å². The van der Waals surface area contributed by atoms with Crippen LogP contribution in [0.4, 0.5) is 0 Å². The number of phenols is 1. The SMILES string of the molecule is COc1ccc2c(C)c(CC(=O)N[C@H](Cc3c[nH]c4ccc(O)cc34)C(=O)[O-])c(=O)oc2c1. The van der Waals surface area contributed by atoms with Crippen LogP contribution in [0.25, 0.3) is 21.9 Å². The summed E-state index contributed by atoms with van der Waals surface area (Å²) in [4.78, 5) is 39.9. The number of aliphatic carboxylic acids is 1. The lowest BCUT2D eigenvalue weighted by molar-refractivity contribution is -0.308. The van der Waals surface area contributed by atoms with Crippen LogP contribution in [0.2, 0.25) is 0 Å². The molecule has 0 aliphatic rings. The molecule has 9 heteroatoms. The van der Waals surface area contributed by atoms with Gasteiger partial charge in [0, 0.05) is 35.0 Å². The lowest BCUT2D eigenvalue weighted by Crippen LogP contribution is -2.49. The van der Waals surface area contributed by atoms with E-state index in [0.717, 1.165) is 0 Å². The van der Waals surface area contributed by atoms with Gasteiger partial charge in [-0.1, -0.05) is 0 Å². The number of carbonyl (C=O) groups excluding carboxylic acids is 2. The Bertz CT molecular complexity index is 1430. The molecule has 33 heavy (non-hydrogen) atoms. The molecule has 0 saturated carbocycles. The van der Waals surface area contributed by atoms with E-state index in [1.807, 2.05) is 0 Å². The first-order valence-electron chi connectivity index (χ1n) is 10.2. The zero-order chi connectivity index (χ0) is 23.7. The Morgan fingerprint density at radius 1 is 1.21 bits per heavy atom. The van der Waals surface area contributed by atoms with Crippen LogP contribution in [0, 0.1) is 6.92 Å². The standard InChI is InChI=1S/C24H22N2O7/c1-12-16-5-4-15(32-2)9-21(16)33-24(31)17(12)10-22(28)26-20(23(29)30)7-13-11-25-19-6-3-14(27)8-18(13)19/h3-6,8-9,11,20,25,27H,7,10H2,1-2H3,(H,26,28)(H,29,30)/p-1/t20-/m1/s1. The van der Waals surface area contributed by atoms with Crippen molar-refractivity contribution in [2.75, 3.05) is 7.11 Å². The number of carbonyl (C=O) groups is 2. The summed E-state index contributed by atoms with van der Waals surface area (Å²) >= 11 is 0. The van der Waals surface area contributed by atoms with E-state index in [2.05, 4.69) is 10.3 Å². The number of aryl methyl sites for hydroxylation is 1. The molecule has 0 spiro atoms. The quantitative estimate of drug-likeness (QED) is 0.361. The number of carboxylic acids is 1. The average molecular weight is 449 g/mol. The fraction of sp³-hybridized carbons (Fsp3) is 0.208. The summed E-state index contributed by atoms with van der Waals surface area (Å²) in [6.45, 7) is 1.70. The number of benzene rings is 2. The number of H-pyrrole nitrogens is 1. The van der Waals surface area contributed by atoms with E-state index < -0.39 is 23.5 Å². The molecule has 9 nitrogen and oxygen atoms in total. The summed E-state index contributed by atoms with van der Waals surface area (Å²) in [6.07, 6.45) is 1.19. The van der Waals surface area contributed by atoms with Crippen LogP contribution in [-0.2, 0) is 22.4 Å². The molecule has 0 radical (unpaired) electrons. The number of carboxylic acid groups (broad SMARTS) is 1. The highest BCUT2D eigenvalue weighted by atomic mass is 16.5. The van der Waals surface area contributed by atoms with E-state index >= 15 is 0 Å². The summed E-state index contributed by atoms with van der Waals surface area (Å²) < 4.78 is 10.5. The Labute approximate surface area is 187 Å². The van der Waals surface area contributed by atoms with Crippen molar-refractivity contribution in [2.45, 2.75) is 25.8 Å². The number of methoxy groups -OCH3 is 1. The summed E-state index contributed by atoms with van der Waals surface area (Å²) in [6, 6.07) is 8.36. The summed E-state index contributed by atoms with van der Waals surface area (Å²) in [5.41, 5.74) is 1.66. The topological polar surface area (TPSA) is 145 Å². The first kappa shape index (κ1) is 21.9. The van der Waals surface area contributed by atoms with Crippen molar-refractivity contribution in [3.05, 3.63) is 69.7 Å². The fourth-order valence-electron chi connectivity index (χ4n) is 3.86. The lowest BCUT2D eigenvalue weighted by atomic mass is 10.0. The highest BCUT2D eigenvalue weighted by Crippen LogP contribution is 2.25. The zero-order valence-electron chi connectivity index (χ0n) is 17.9. The molecule has 0 unspecified atom stereocenters. The van der Waals surface area contributed by atoms with Gasteiger partial charge in [-0.05, 0) is 48.4 Å². The van der Waals surface area contributed by atoms with Crippen molar-refractivity contribution in [3.63, 3.8) is 0 Å². The molecule has 4 aromatic rings. The molecule has 2 heterocycles. The van der Waals surface area contributed by atoms with Gasteiger partial charge in [-0.3, -0.25) is 4.79 Å². The molecule has 4 rings (SSSR count). The monoisotopic (exact) mass is 449 g/mol. The maximum atomic E-state index is 12.7. The number of rotatable bonds is 7. The molecule has 2 aromatic carbocycles. The number of nitrogens with one attached hydrogen (secondary N) is 2. The first-order chi connectivity index (χ1) is 15.8. The van der Waals surface area contributed by atoms with Crippen LogP contribution >= 0.6 is 0 Å². The predicted molar refractivity (Wildman–Crippen MR) is 118 cm³/mol. The van der Waals surface area contributed by atoms with Gasteiger partial charge in [0.1, 0.15) is 17.1 Å². The van der Waals surface area contributed by atoms with Crippen LogP contribution in [-0.4, -0.2) is 35.1 Å². The lowest BCUT2D eigenvalue weighted by Gasteiger charge is -2.20. The second-order valence-electron chi connectivity index (χ2n) is 7.72. The van der Waals surface area contributed by atoms with Gasteiger partial charge in [-0.2, -0.15) is 0 Å². The summed E-state index contributed by atoms with van der Waals surface area (Å²) in [5, 5.41) is 25.1. The second-order valence-corrected chi connectivity index (χ2v) is 7.72. The molecule has 2 aromatic heterocycles. The van der Waals surface area contributed by atoms with E-state index in [9.17, 15) is 24.6 Å². The van der Waals surface area contributed by atoms with Crippen molar-refractivity contribution in [1.82, 2.24) is 10.3 Å². The predicted octanol–water partition coefficient (Wildman–Crippen LogP) is 1.32. The Balaban J connectivity index is 1.56. The minimum atomic E-state index is -1.47. The summed E-state index contributed by atoms with van der Waals surface area (Å²) in [5.74, 6) is -1.56. The third-order valence-corrected chi connectivity index (χ3v) is 5.63. The molecule has 3 N–H and O–H groups in total. The minimum absolute atomic E-state index is 0.0357. The van der Waals surface area contributed by atoms with E-state index in [1.54, 1.807) is 37.4 Å². The number of amides is 1. The normalized spacial score (nSPS) is 12.1. The Morgan fingerprint density at radius 2 is 2.00 bits per heavy atom. The number of aromatic hydroxyl groups is 1. The molecule has 0 aliphatic carbocycles. The van der Waals surface area contributed by atoms with Crippen LogP contribution in [0.5, 0.6) is 11.5 Å². The number of aromatic amines is 1. The van der Waals surface area contributed by atoms with Gasteiger partial charge in [-0.15, -0.1) is 0 Å². The largest absolute Gasteiger partial charge is 0.548 e. The van der Waals surface area contributed by atoms with Gasteiger partial charge < -0.3 is 34.5 Å². The van der Waals surface area contributed by atoms with Gasteiger partial charge in [0.05, 0.1) is 31.1 Å². The van der Waals surface area contributed by atoms with E-state index in [-0.39, 0.29) is 24.2 Å². The van der Waals surface area contributed by atoms with Gasteiger partial charge >= 0.3 is 5.63 Å². The second kappa shape index (κ2) is 8.70. The van der Waals surface area contributed by atoms with Crippen molar-refractivity contribution in [2.24, 2.45) is 0 Å². The van der Waals surface area contributed by atoms with Gasteiger partial charge in [0.15, 0.2) is 0 Å². The molecule has 0 fully saturated rings. The van der Waals surface area contributed by atoms with Gasteiger partial charge in [-0.25, -0.2) is 4.79 Å². The van der Waals surface area contributed by atoms with Crippen LogP contribution < -0.4 is 20.8 Å². The molecule has 0 aliphatic heterocycles. The molecule has 0 saturated heterocycles. The number of phenolic OH excluding ortho intramolecular Hbond substituents is 1. The Kier molecular flexibility index (Phi) is 5.78. The third kappa shape index (κ3) is 4.38. The Hall–Kier alpha value is -4.27. The molecular weight excluding hydrogens is 428 g/mol. The van der Waals surface area contributed by atoms with Crippen molar-refractivity contribution < 1.29 is 29.0 Å². The van der Waals surface area contributed by atoms with E-state index in [4.69, 9.17) is 9.15 Å². The first-order valence-corrected chi connectivity index (χ1v) is 10.2. The molecule has 1 amide bonds. The number of fused-ring (bicyclic) bond motifs is 2. The maximum absolute atomic E-state index is 12.7. The minimum Gasteiger partial charge on any atom is -0.548 e. The van der Waals surface area contributed by atoms with Crippen LogP contribution in [0.3, 0.4) is 0 Å². The number of ether oxygens (including phenoxy) is 1. The fourth-order valence-corrected chi connectivity index (χ4v) is 3.86. The molecule has 0 bridgehead atoms. The number of hydrogen-bond donors (Lipinski definition) is 3. The van der Waals surface area contributed by atoms with E-state index in [0.29, 0.717) is 38.7 Å². The highest BCUT2D eigenvalue weighted by molar-refractivity contribution is 5.89. The number of aromatic nitrogens is 1. The molecule has 1 atom stereocenters. The molecular formula is C24H21N2O7-.